The van der Waals surface area contributed by atoms with Crippen LogP contribution in [-0.2, 0) is 42.5 Å². The molecular formula is C33H37Cl2NO6S2. The molecule has 0 saturated heterocycles. The first-order valence-electron chi connectivity index (χ1n) is 13.6. The van der Waals surface area contributed by atoms with Gasteiger partial charge in [-0.2, -0.15) is 0 Å². The third kappa shape index (κ3) is 10.1. The summed E-state index contributed by atoms with van der Waals surface area (Å²) >= 11 is 11.8. The van der Waals surface area contributed by atoms with Crippen LogP contribution in [0.1, 0.15) is 31.9 Å². The molecule has 2 N–H and O–H groups in total. The Bertz CT molecular complexity index is 1780. The van der Waals surface area contributed by atoms with Crippen molar-refractivity contribution >= 4 is 43.1 Å². The minimum atomic E-state index is -3.73. The van der Waals surface area contributed by atoms with Crippen molar-refractivity contribution in [2.24, 2.45) is 10.6 Å². The van der Waals surface area contributed by atoms with Gasteiger partial charge in [-0.05, 0) is 87.3 Å². The van der Waals surface area contributed by atoms with Gasteiger partial charge in [0, 0.05) is 24.3 Å². The maximum absolute atomic E-state index is 12.6. The summed E-state index contributed by atoms with van der Waals surface area (Å²) in [5.41, 5.74) is 5.04. The van der Waals surface area contributed by atoms with E-state index in [1.807, 2.05) is 63.2 Å². The molecule has 0 aliphatic rings. The van der Waals surface area contributed by atoms with Crippen LogP contribution in [-0.4, -0.2) is 36.8 Å². The molecule has 236 valence electrons. The largest absolute Gasteiger partial charge is 0.380 e. The van der Waals surface area contributed by atoms with Crippen LogP contribution in [0.3, 0.4) is 0 Å². The van der Waals surface area contributed by atoms with Gasteiger partial charge in [0.1, 0.15) is 0 Å². The normalized spacial score (nSPS) is 12.0. The van der Waals surface area contributed by atoms with Crippen molar-refractivity contribution in [2.45, 2.75) is 43.8 Å². The summed E-state index contributed by atoms with van der Waals surface area (Å²) in [5.74, 6) is 0.104. The van der Waals surface area contributed by atoms with E-state index < -0.39 is 19.9 Å². The molecule has 0 atom stereocenters. The molecular weight excluding hydrogens is 641 g/mol. The van der Waals surface area contributed by atoms with Gasteiger partial charge in [0.2, 0.25) is 10.0 Å². The first-order valence-corrected chi connectivity index (χ1v) is 17.5. The molecule has 0 amide bonds. The lowest BCUT2D eigenvalue weighted by atomic mass is 10.00. The van der Waals surface area contributed by atoms with Gasteiger partial charge in [-0.25, -0.2) is 22.0 Å². The van der Waals surface area contributed by atoms with Crippen LogP contribution in [0.5, 0.6) is 0 Å². The Morgan fingerprint density at radius 3 is 1.39 bits per heavy atom. The second-order valence-corrected chi connectivity index (χ2v) is 15.8. The Morgan fingerprint density at radius 1 is 0.636 bits per heavy atom. The van der Waals surface area contributed by atoms with Gasteiger partial charge in [0.05, 0.1) is 28.8 Å². The predicted octanol–water partition coefficient (Wildman–Crippen LogP) is 7.77. The molecule has 11 heteroatoms. The quantitative estimate of drug-likeness (QED) is 0.194. The number of rotatable bonds is 9. The van der Waals surface area contributed by atoms with Crippen molar-refractivity contribution in [1.82, 2.24) is 0 Å². The molecule has 4 aromatic carbocycles. The standard InChI is InChI=1S/C19H23ClO3S.C14H14ClNO3S/c1-19(2,3)13-24(21,22)17-9-10-18(15(11-17)12-23-4)14-5-7-16(20)8-6-14;1-19-9-11-8-13(20(16,17)18)6-7-14(11)10-2-4-12(15)5-3-10/h5-11H,12-13H2,1-4H3;2-8H,9H2,1H3,(H2,16,17,18). The highest BCUT2D eigenvalue weighted by atomic mass is 35.5. The molecule has 7 nitrogen and oxygen atoms in total. The smallest absolute Gasteiger partial charge is 0.238 e. The Labute approximate surface area is 270 Å². The molecule has 0 spiro atoms. The first-order chi connectivity index (χ1) is 20.5. The number of sulfonamides is 1. The van der Waals surface area contributed by atoms with E-state index in [1.165, 1.54) is 12.1 Å². The predicted molar refractivity (Wildman–Crippen MR) is 178 cm³/mol. The van der Waals surface area contributed by atoms with Crippen molar-refractivity contribution in [3.05, 3.63) is 106 Å². The first kappa shape index (κ1) is 35.7. The van der Waals surface area contributed by atoms with E-state index in [-0.39, 0.29) is 16.1 Å². The number of hydrogen-bond acceptors (Lipinski definition) is 6. The van der Waals surface area contributed by atoms with Crippen molar-refractivity contribution < 1.29 is 26.3 Å². The van der Waals surface area contributed by atoms with Crippen LogP contribution in [0, 0.1) is 5.41 Å². The van der Waals surface area contributed by atoms with Gasteiger partial charge in [0.25, 0.3) is 0 Å². The lowest BCUT2D eigenvalue weighted by molar-refractivity contribution is 0.185. The number of nitrogens with two attached hydrogens (primary N) is 1. The number of benzene rings is 4. The van der Waals surface area contributed by atoms with Crippen molar-refractivity contribution in [3.63, 3.8) is 0 Å². The summed E-state index contributed by atoms with van der Waals surface area (Å²) < 4.78 is 58.5. The number of halogens is 2. The molecule has 0 aliphatic carbocycles. The minimum absolute atomic E-state index is 0.0715. The molecule has 0 saturated carbocycles. The van der Waals surface area contributed by atoms with Crippen LogP contribution in [0.25, 0.3) is 22.3 Å². The Balaban J connectivity index is 0.000000244. The van der Waals surface area contributed by atoms with Crippen LogP contribution in [0.2, 0.25) is 10.0 Å². The fourth-order valence-electron chi connectivity index (χ4n) is 4.54. The number of ether oxygens (including phenoxy) is 2. The summed E-state index contributed by atoms with van der Waals surface area (Å²) in [7, 11) is -3.92. The topological polar surface area (TPSA) is 113 Å². The molecule has 0 aromatic heterocycles. The van der Waals surface area contributed by atoms with Gasteiger partial charge >= 0.3 is 0 Å². The summed E-state index contributed by atoms with van der Waals surface area (Å²) in [6.45, 7) is 6.40. The van der Waals surface area contributed by atoms with E-state index >= 15 is 0 Å². The van der Waals surface area contributed by atoms with E-state index in [9.17, 15) is 16.8 Å². The molecule has 0 radical (unpaired) electrons. The fourth-order valence-corrected chi connectivity index (χ4v) is 7.26. The van der Waals surface area contributed by atoms with Crippen LogP contribution >= 0.6 is 23.2 Å². The van der Waals surface area contributed by atoms with Gasteiger partial charge in [-0.3, -0.25) is 0 Å². The monoisotopic (exact) mass is 677 g/mol. The fraction of sp³-hybridized carbons (Fsp3) is 0.273. The molecule has 4 rings (SSSR count). The molecule has 44 heavy (non-hydrogen) atoms. The van der Waals surface area contributed by atoms with Crippen LogP contribution in [0.4, 0.5) is 0 Å². The van der Waals surface area contributed by atoms with Gasteiger partial charge < -0.3 is 9.47 Å². The molecule has 0 heterocycles. The highest BCUT2D eigenvalue weighted by Crippen LogP contribution is 2.31. The second kappa shape index (κ2) is 15.0. The number of primary sulfonamides is 1. The SMILES string of the molecule is COCc1cc(S(=O)(=O)CC(C)(C)C)ccc1-c1ccc(Cl)cc1.COCc1cc(S(N)(=O)=O)ccc1-c1ccc(Cl)cc1. The number of hydrogen-bond donors (Lipinski definition) is 1. The Hall–Kier alpha value is -2.76. The van der Waals surface area contributed by atoms with Crippen molar-refractivity contribution in [3.8, 4) is 22.3 Å². The van der Waals surface area contributed by atoms with E-state index in [4.69, 9.17) is 37.8 Å². The third-order valence-electron chi connectivity index (χ3n) is 6.37. The zero-order chi connectivity index (χ0) is 32.7. The highest BCUT2D eigenvalue weighted by Gasteiger charge is 2.24. The zero-order valence-electron chi connectivity index (χ0n) is 25.3. The molecule has 0 bridgehead atoms. The third-order valence-corrected chi connectivity index (χ3v) is 10.0. The maximum atomic E-state index is 12.6. The molecule has 4 aromatic rings. The van der Waals surface area contributed by atoms with E-state index in [0.29, 0.717) is 28.2 Å². The van der Waals surface area contributed by atoms with Crippen LogP contribution in [0.15, 0.2) is 94.7 Å². The summed E-state index contributed by atoms with van der Waals surface area (Å²) in [6, 6.07) is 24.7. The average Bonchev–Trinajstić information content (AvgIpc) is 2.93. The summed E-state index contributed by atoms with van der Waals surface area (Å²) in [6.07, 6.45) is 0. The van der Waals surface area contributed by atoms with Gasteiger partial charge in [-0.1, -0.05) is 80.4 Å². The van der Waals surface area contributed by atoms with Gasteiger partial charge in [0.15, 0.2) is 9.84 Å². The maximum Gasteiger partial charge on any atom is 0.238 e. The molecule has 0 aliphatic heterocycles. The van der Waals surface area contributed by atoms with E-state index in [0.717, 1.165) is 33.4 Å². The number of sulfone groups is 1. The van der Waals surface area contributed by atoms with Crippen molar-refractivity contribution in [1.29, 1.82) is 0 Å². The second-order valence-electron chi connectivity index (χ2n) is 11.4. The Kier molecular flexibility index (Phi) is 12.2. The number of methoxy groups -OCH3 is 2. The lowest BCUT2D eigenvalue weighted by Crippen LogP contribution is -2.21. The van der Waals surface area contributed by atoms with Crippen LogP contribution < -0.4 is 5.14 Å². The minimum Gasteiger partial charge on any atom is -0.380 e. The molecule has 0 fully saturated rings. The summed E-state index contributed by atoms with van der Waals surface area (Å²) in [5, 5.41) is 6.45. The lowest BCUT2D eigenvalue weighted by Gasteiger charge is -2.19. The highest BCUT2D eigenvalue weighted by molar-refractivity contribution is 7.91. The zero-order valence-corrected chi connectivity index (χ0v) is 28.4. The average molecular weight is 679 g/mol. The molecule has 0 unspecified atom stereocenters. The van der Waals surface area contributed by atoms with E-state index in [1.54, 1.807) is 44.6 Å². The summed E-state index contributed by atoms with van der Waals surface area (Å²) in [4.78, 5) is 0.407. The van der Waals surface area contributed by atoms with Crippen molar-refractivity contribution in [2.75, 3.05) is 20.0 Å². The Morgan fingerprint density at radius 2 is 1.02 bits per heavy atom. The van der Waals surface area contributed by atoms with Gasteiger partial charge in [-0.15, -0.1) is 0 Å². The van der Waals surface area contributed by atoms with E-state index in [2.05, 4.69) is 0 Å².